The molecule has 2 heterocycles. The third kappa shape index (κ3) is 6.36. The van der Waals surface area contributed by atoms with Gasteiger partial charge < -0.3 is 15.5 Å². The van der Waals surface area contributed by atoms with E-state index in [9.17, 15) is 8.42 Å². The van der Waals surface area contributed by atoms with Crippen molar-refractivity contribution in [2.24, 2.45) is 10.7 Å². The van der Waals surface area contributed by atoms with Gasteiger partial charge >= 0.3 is 0 Å². The number of anilines is 1. The molecule has 0 radical (unpaired) electrons. The van der Waals surface area contributed by atoms with Gasteiger partial charge in [0, 0.05) is 45.1 Å². The van der Waals surface area contributed by atoms with Gasteiger partial charge in [-0.05, 0) is 13.0 Å². The van der Waals surface area contributed by atoms with E-state index in [0.717, 1.165) is 32.1 Å². The fraction of sp³-hybridized carbons (Fsp3) is 0.615. The second-order valence-electron chi connectivity index (χ2n) is 5.06. The van der Waals surface area contributed by atoms with Gasteiger partial charge in [0.25, 0.3) is 0 Å². The molecule has 0 bridgehead atoms. The Morgan fingerprint density at radius 2 is 1.92 bits per heavy atom. The second-order valence-corrected chi connectivity index (χ2v) is 7.16. The highest BCUT2D eigenvalue weighted by atomic mass is 127. The van der Waals surface area contributed by atoms with Crippen LogP contribution in [0, 0.1) is 0 Å². The summed E-state index contributed by atoms with van der Waals surface area (Å²) in [7, 11) is -3.17. The van der Waals surface area contributed by atoms with Crippen LogP contribution in [0.25, 0.3) is 0 Å². The lowest BCUT2D eigenvalue weighted by atomic mass is 10.3. The third-order valence-corrected chi connectivity index (χ3v) is 4.93. The fourth-order valence-corrected chi connectivity index (χ4v) is 2.77. The first kappa shape index (κ1) is 20.8. The SMILES string of the molecule is CCS(=O)(=O)NCCN=C(N)N1CCN(c2ncccn2)CC1.I. The summed E-state index contributed by atoms with van der Waals surface area (Å²) in [4.78, 5) is 16.8. The summed E-state index contributed by atoms with van der Waals surface area (Å²) in [6.45, 7) is 5.17. The number of piperazine rings is 1. The van der Waals surface area contributed by atoms with Crippen LogP contribution >= 0.6 is 24.0 Å². The number of rotatable bonds is 6. The van der Waals surface area contributed by atoms with Crippen molar-refractivity contribution in [2.45, 2.75) is 6.92 Å². The first-order chi connectivity index (χ1) is 11.0. The minimum atomic E-state index is -3.17. The minimum Gasteiger partial charge on any atom is -0.370 e. The van der Waals surface area contributed by atoms with Crippen molar-refractivity contribution in [3.63, 3.8) is 0 Å². The highest BCUT2D eigenvalue weighted by Gasteiger charge is 2.19. The van der Waals surface area contributed by atoms with Crippen molar-refractivity contribution in [1.29, 1.82) is 0 Å². The van der Waals surface area contributed by atoms with Gasteiger partial charge in [0.1, 0.15) is 0 Å². The Balaban J connectivity index is 0.00000288. The zero-order valence-electron chi connectivity index (χ0n) is 13.6. The molecule has 1 fully saturated rings. The molecule has 1 aliphatic heterocycles. The maximum Gasteiger partial charge on any atom is 0.225 e. The molecule has 24 heavy (non-hydrogen) atoms. The molecule has 0 saturated carbocycles. The van der Waals surface area contributed by atoms with E-state index in [4.69, 9.17) is 5.73 Å². The molecule has 0 atom stereocenters. The number of sulfonamides is 1. The summed E-state index contributed by atoms with van der Waals surface area (Å²) < 4.78 is 25.1. The van der Waals surface area contributed by atoms with Crippen LogP contribution in [0.3, 0.4) is 0 Å². The molecule has 2 rings (SSSR count). The number of aromatic nitrogens is 2. The highest BCUT2D eigenvalue weighted by Crippen LogP contribution is 2.09. The molecule has 11 heteroatoms. The highest BCUT2D eigenvalue weighted by molar-refractivity contribution is 14.0. The molecule has 0 amide bonds. The summed E-state index contributed by atoms with van der Waals surface area (Å²) in [5, 5.41) is 0. The van der Waals surface area contributed by atoms with Crippen molar-refractivity contribution < 1.29 is 8.42 Å². The molecule has 9 nitrogen and oxygen atoms in total. The lowest BCUT2D eigenvalue weighted by molar-refractivity contribution is 0.378. The number of nitrogens with zero attached hydrogens (tertiary/aromatic N) is 5. The van der Waals surface area contributed by atoms with Gasteiger partial charge in [0.05, 0.1) is 12.3 Å². The first-order valence-electron chi connectivity index (χ1n) is 7.56. The Hall–Kier alpha value is -1.21. The van der Waals surface area contributed by atoms with Crippen molar-refractivity contribution in [3.8, 4) is 0 Å². The first-order valence-corrected chi connectivity index (χ1v) is 9.21. The van der Waals surface area contributed by atoms with E-state index in [-0.39, 0.29) is 36.3 Å². The summed E-state index contributed by atoms with van der Waals surface area (Å²) in [5.41, 5.74) is 5.96. The zero-order valence-corrected chi connectivity index (χ0v) is 16.8. The van der Waals surface area contributed by atoms with Crippen molar-refractivity contribution >= 4 is 45.9 Å². The molecule has 1 aliphatic rings. The Morgan fingerprint density at radius 1 is 1.29 bits per heavy atom. The molecule has 136 valence electrons. The molecule has 0 unspecified atom stereocenters. The van der Waals surface area contributed by atoms with Crippen LogP contribution in [0.4, 0.5) is 5.95 Å². The van der Waals surface area contributed by atoms with E-state index < -0.39 is 10.0 Å². The van der Waals surface area contributed by atoms with E-state index >= 15 is 0 Å². The molecule has 0 aromatic carbocycles. The Kier molecular flexibility index (Phi) is 8.62. The van der Waals surface area contributed by atoms with Gasteiger partial charge in [-0.1, -0.05) is 0 Å². The van der Waals surface area contributed by atoms with E-state index in [1.807, 2.05) is 4.90 Å². The fourth-order valence-electron chi connectivity index (χ4n) is 2.16. The third-order valence-electron chi connectivity index (χ3n) is 3.53. The summed E-state index contributed by atoms with van der Waals surface area (Å²) >= 11 is 0. The van der Waals surface area contributed by atoms with E-state index in [0.29, 0.717) is 12.5 Å². The molecule has 3 N–H and O–H groups in total. The molecule has 1 aromatic heterocycles. The minimum absolute atomic E-state index is 0. The van der Waals surface area contributed by atoms with Crippen LogP contribution in [0.2, 0.25) is 0 Å². The molecular weight excluding hydrogens is 445 g/mol. The monoisotopic (exact) mass is 469 g/mol. The zero-order chi connectivity index (χ0) is 16.7. The average molecular weight is 469 g/mol. The molecule has 0 spiro atoms. The Morgan fingerprint density at radius 3 is 2.50 bits per heavy atom. The molecule has 1 saturated heterocycles. The standard InChI is InChI=1S/C13H23N7O2S.HI/c1-2-23(21,22)18-7-6-15-12(14)19-8-10-20(11-9-19)13-16-4-3-5-17-13;/h3-5,18H,2,6-11H2,1H3,(H2,14,15);1H. The Labute approximate surface area is 159 Å². The quantitative estimate of drug-likeness (QED) is 0.249. The van der Waals surface area contributed by atoms with E-state index in [1.165, 1.54) is 0 Å². The van der Waals surface area contributed by atoms with Gasteiger partial charge in [0.15, 0.2) is 5.96 Å². The number of nitrogens with two attached hydrogens (primary N) is 1. The van der Waals surface area contributed by atoms with Crippen LogP contribution in [-0.2, 0) is 10.0 Å². The second kappa shape index (κ2) is 9.93. The number of hydrogen-bond acceptors (Lipinski definition) is 6. The summed E-state index contributed by atoms with van der Waals surface area (Å²) in [6, 6.07) is 1.79. The predicted molar refractivity (Wildman–Crippen MR) is 105 cm³/mol. The number of guanidine groups is 1. The van der Waals surface area contributed by atoms with Crippen LogP contribution < -0.4 is 15.4 Å². The topological polar surface area (TPSA) is 117 Å². The van der Waals surface area contributed by atoms with Crippen LogP contribution in [0.15, 0.2) is 23.5 Å². The van der Waals surface area contributed by atoms with Crippen LogP contribution in [0.5, 0.6) is 0 Å². The smallest absolute Gasteiger partial charge is 0.225 e. The van der Waals surface area contributed by atoms with Gasteiger partial charge in [-0.3, -0.25) is 4.99 Å². The maximum absolute atomic E-state index is 11.3. The lowest BCUT2D eigenvalue weighted by Crippen LogP contribution is -2.51. The Bertz CT molecular complexity index is 618. The number of aliphatic imine (C=N–C) groups is 1. The van der Waals surface area contributed by atoms with Gasteiger partial charge in [-0.15, -0.1) is 24.0 Å². The van der Waals surface area contributed by atoms with E-state index in [2.05, 4.69) is 24.6 Å². The molecular formula is C13H24IN7O2S. The average Bonchev–Trinajstić information content (AvgIpc) is 2.59. The van der Waals surface area contributed by atoms with Gasteiger partial charge in [0.2, 0.25) is 16.0 Å². The predicted octanol–water partition coefficient (Wildman–Crippen LogP) is -0.529. The normalized spacial score (nSPS) is 16.0. The lowest BCUT2D eigenvalue weighted by Gasteiger charge is -2.35. The van der Waals surface area contributed by atoms with Crippen molar-refractivity contribution in [3.05, 3.63) is 18.5 Å². The van der Waals surface area contributed by atoms with Crippen LogP contribution in [-0.4, -0.2) is 74.3 Å². The van der Waals surface area contributed by atoms with Crippen molar-refractivity contribution in [2.75, 3.05) is 49.9 Å². The van der Waals surface area contributed by atoms with Gasteiger partial charge in [-0.2, -0.15) is 0 Å². The number of nitrogens with one attached hydrogen (secondary N) is 1. The summed E-state index contributed by atoms with van der Waals surface area (Å²) in [6.07, 6.45) is 3.45. The number of hydrogen-bond donors (Lipinski definition) is 2. The number of halogens is 1. The molecule has 0 aliphatic carbocycles. The van der Waals surface area contributed by atoms with E-state index in [1.54, 1.807) is 25.4 Å². The largest absolute Gasteiger partial charge is 0.370 e. The maximum atomic E-state index is 11.3. The van der Waals surface area contributed by atoms with Gasteiger partial charge in [-0.25, -0.2) is 23.1 Å². The summed E-state index contributed by atoms with van der Waals surface area (Å²) in [5.74, 6) is 1.22. The molecule has 1 aromatic rings. The van der Waals surface area contributed by atoms with Crippen LogP contribution in [0.1, 0.15) is 6.92 Å². The van der Waals surface area contributed by atoms with Crippen molar-refractivity contribution in [1.82, 2.24) is 19.6 Å².